The van der Waals surface area contributed by atoms with Gasteiger partial charge < -0.3 is 10.3 Å². The number of nitrogens with one attached hydrogen (secondary N) is 2. The Bertz CT molecular complexity index is 1390. The minimum absolute atomic E-state index is 0.0748. The van der Waals surface area contributed by atoms with Gasteiger partial charge in [0.15, 0.2) is 5.17 Å². The van der Waals surface area contributed by atoms with E-state index in [0.717, 1.165) is 22.2 Å². The van der Waals surface area contributed by atoms with Crippen molar-refractivity contribution >= 4 is 62.6 Å². The van der Waals surface area contributed by atoms with Crippen molar-refractivity contribution in [2.75, 3.05) is 11.9 Å². The lowest BCUT2D eigenvalue weighted by Crippen LogP contribution is -2.35. The fourth-order valence-electron chi connectivity index (χ4n) is 4.04. The first kappa shape index (κ1) is 23.2. The number of nitrogens with zero attached hydrogens (tertiary/aromatic N) is 2. The molecule has 1 atom stereocenters. The molecule has 1 aliphatic heterocycles. The molecule has 2 heterocycles. The number of para-hydroxylation sites is 2. The Hall–Kier alpha value is -3.55. The Morgan fingerprint density at radius 2 is 1.80 bits per heavy atom. The van der Waals surface area contributed by atoms with E-state index in [-0.39, 0.29) is 18.2 Å². The lowest BCUT2D eigenvalue weighted by Gasteiger charge is -2.16. The number of aromatic nitrogens is 1. The fourth-order valence-corrected chi connectivity index (χ4v) is 5.39. The number of carbonyl (C=O) groups is 2. The molecule has 5 rings (SSSR count). The first-order valence-corrected chi connectivity index (χ1v) is 12.5. The molecule has 0 unspecified atom stereocenters. The number of carbonyl (C=O) groups excluding carboxylic acids is 2. The molecule has 0 spiro atoms. The zero-order valence-electron chi connectivity index (χ0n) is 18.8. The number of aliphatic imine (C=N–C) groups is 1. The van der Waals surface area contributed by atoms with Crippen LogP contribution in [0.15, 0.2) is 90.1 Å². The van der Waals surface area contributed by atoms with E-state index in [1.807, 2.05) is 85.1 Å². The highest BCUT2D eigenvalue weighted by Gasteiger charge is 2.39. The zero-order chi connectivity index (χ0) is 24.2. The molecule has 1 saturated heterocycles. The topological polar surface area (TPSA) is 77.6 Å². The summed E-state index contributed by atoms with van der Waals surface area (Å²) < 4.78 is 0. The van der Waals surface area contributed by atoms with Crippen molar-refractivity contribution in [2.24, 2.45) is 4.99 Å². The third-order valence-electron chi connectivity index (χ3n) is 5.76. The van der Waals surface area contributed by atoms with Crippen LogP contribution in [-0.2, 0) is 16.0 Å². The van der Waals surface area contributed by atoms with Crippen molar-refractivity contribution in [3.8, 4) is 0 Å². The Morgan fingerprint density at radius 1 is 1.06 bits per heavy atom. The standard InChI is InChI=1S/C27H23ClN4O2S/c28-19-11-12-23-22(15-19)18(17-29-23)13-14-32-26(34)24(16-25(33)30-20-7-3-1-4-8-20)35-27(32)31-21-9-5-2-6-10-21/h1-12,15,17,24,29H,13-14,16H2,(H,30,33)/t24-/m1/s1. The zero-order valence-corrected chi connectivity index (χ0v) is 20.4. The summed E-state index contributed by atoms with van der Waals surface area (Å²) in [4.78, 5) is 35.7. The number of thioether (sulfide) groups is 1. The second-order valence-electron chi connectivity index (χ2n) is 8.20. The maximum atomic E-state index is 13.4. The Kier molecular flexibility index (Phi) is 6.88. The lowest BCUT2D eigenvalue weighted by molar-refractivity contribution is -0.128. The molecule has 4 aromatic rings. The maximum Gasteiger partial charge on any atom is 0.242 e. The molecular formula is C27H23ClN4O2S. The van der Waals surface area contributed by atoms with Crippen LogP contribution >= 0.6 is 23.4 Å². The minimum atomic E-state index is -0.529. The van der Waals surface area contributed by atoms with Gasteiger partial charge in [-0.05, 0) is 54.4 Å². The van der Waals surface area contributed by atoms with Crippen LogP contribution in [0.3, 0.4) is 0 Å². The highest BCUT2D eigenvalue weighted by atomic mass is 35.5. The normalized spacial score (nSPS) is 16.8. The molecule has 35 heavy (non-hydrogen) atoms. The summed E-state index contributed by atoms with van der Waals surface area (Å²) in [5.74, 6) is -0.306. The van der Waals surface area contributed by atoms with Crippen LogP contribution in [-0.4, -0.2) is 38.7 Å². The number of H-pyrrole nitrogens is 1. The van der Waals surface area contributed by atoms with E-state index >= 15 is 0 Å². The first-order valence-electron chi connectivity index (χ1n) is 11.3. The van der Waals surface area contributed by atoms with E-state index < -0.39 is 5.25 Å². The average Bonchev–Trinajstić information content (AvgIpc) is 3.39. The molecule has 2 N–H and O–H groups in total. The van der Waals surface area contributed by atoms with Crippen molar-refractivity contribution in [1.82, 2.24) is 9.88 Å². The van der Waals surface area contributed by atoms with Crippen molar-refractivity contribution < 1.29 is 9.59 Å². The summed E-state index contributed by atoms with van der Waals surface area (Å²) >= 11 is 7.54. The van der Waals surface area contributed by atoms with Gasteiger partial charge in [0.1, 0.15) is 5.25 Å². The summed E-state index contributed by atoms with van der Waals surface area (Å²) in [7, 11) is 0. The van der Waals surface area contributed by atoms with Crippen LogP contribution in [0.2, 0.25) is 5.02 Å². The van der Waals surface area contributed by atoms with Crippen molar-refractivity contribution in [2.45, 2.75) is 18.1 Å². The number of benzene rings is 3. The van der Waals surface area contributed by atoms with Gasteiger partial charge in [0.05, 0.1) is 5.69 Å². The van der Waals surface area contributed by atoms with E-state index in [0.29, 0.717) is 28.8 Å². The molecule has 0 aliphatic carbocycles. The largest absolute Gasteiger partial charge is 0.361 e. The first-order chi connectivity index (χ1) is 17.1. The number of hydrogen-bond donors (Lipinski definition) is 2. The van der Waals surface area contributed by atoms with Gasteiger partial charge in [0, 0.05) is 40.8 Å². The molecule has 0 radical (unpaired) electrons. The summed E-state index contributed by atoms with van der Waals surface area (Å²) in [6.45, 7) is 0.452. The SMILES string of the molecule is O=C(C[C@H]1SC(=Nc2ccccc2)N(CCc2c[nH]c3ccc(Cl)cc23)C1=O)Nc1ccccc1. The van der Waals surface area contributed by atoms with Gasteiger partial charge in [0.2, 0.25) is 11.8 Å². The van der Waals surface area contributed by atoms with Gasteiger partial charge in [-0.2, -0.15) is 0 Å². The Morgan fingerprint density at radius 3 is 2.57 bits per heavy atom. The molecule has 1 aliphatic rings. The van der Waals surface area contributed by atoms with E-state index in [9.17, 15) is 9.59 Å². The number of amidine groups is 1. The quantitative estimate of drug-likeness (QED) is 0.324. The predicted molar refractivity (Wildman–Crippen MR) is 143 cm³/mol. The van der Waals surface area contributed by atoms with Crippen LogP contribution in [0.4, 0.5) is 11.4 Å². The number of fused-ring (bicyclic) bond motifs is 1. The van der Waals surface area contributed by atoms with Gasteiger partial charge in [0.25, 0.3) is 0 Å². The van der Waals surface area contributed by atoms with E-state index in [4.69, 9.17) is 16.6 Å². The Balaban J connectivity index is 1.35. The second kappa shape index (κ2) is 10.4. The molecule has 0 bridgehead atoms. The third kappa shape index (κ3) is 5.42. The second-order valence-corrected chi connectivity index (χ2v) is 9.80. The van der Waals surface area contributed by atoms with Crippen LogP contribution in [0.25, 0.3) is 10.9 Å². The molecule has 1 fully saturated rings. The lowest BCUT2D eigenvalue weighted by atomic mass is 10.1. The monoisotopic (exact) mass is 502 g/mol. The number of halogens is 1. The molecule has 0 saturated carbocycles. The van der Waals surface area contributed by atoms with Gasteiger partial charge in [-0.15, -0.1) is 0 Å². The highest BCUT2D eigenvalue weighted by molar-refractivity contribution is 8.15. The summed E-state index contributed by atoms with van der Waals surface area (Å²) in [6, 6.07) is 24.5. The van der Waals surface area contributed by atoms with Crippen LogP contribution in [0.1, 0.15) is 12.0 Å². The van der Waals surface area contributed by atoms with Gasteiger partial charge >= 0.3 is 0 Å². The van der Waals surface area contributed by atoms with Crippen molar-refractivity contribution in [3.63, 3.8) is 0 Å². The highest BCUT2D eigenvalue weighted by Crippen LogP contribution is 2.32. The van der Waals surface area contributed by atoms with Crippen molar-refractivity contribution in [1.29, 1.82) is 0 Å². The molecule has 176 valence electrons. The molecule has 3 aromatic carbocycles. The predicted octanol–water partition coefficient (Wildman–Crippen LogP) is 6.02. The van der Waals surface area contributed by atoms with Crippen LogP contribution in [0, 0.1) is 0 Å². The smallest absolute Gasteiger partial charge is 0.242 e. The summed E-state index contributed by atoms with van der Waals surface area (Å²) in [5, 5.41) is 4.66. The molecule has 1 aromatic heterocycles. The molecule has 8 heteroatoms. The number of anilines is 1. The molecule has 2 amide bonds. The molecule has 6 nitrogen and oxygen atoms in total. The fraction of sp³-hybridized carbons (Fsp3) is 0.148. The van der Waals surface area contributed by atoms with Crippen molar-refractivity contribution in [3.05, 3.63) is 95.6 Å². The molecular weight excluding hydrogens is 480 g/mol. The van der Waals surface area contributed by atoms with E-state index in [2.05, 4.69) is 10.3 Å². The van der Waals surface area contributed by atoms with E-state index in [1.54, 1.807) is 4.90 Å². The number of amides is 2. The number of aromatic amines is 1. The maximum absolute atomic E-state index is 13.4. The number of hydrogen-bond acceptors (Lipinski definition) is 4. The summed E-state index contributed by atoms with van der Waals surface area (Å²) in [5.41, 5.74) is 3.55. The minimum Gasteiger partial charge on any atom is -0.361 e. The third-order valence-corrected chi connectivity index (χ3v) is 7.17. The van der Waals surface area contributed by atoms with Gasteiger partial charge in [-0.25, -0.2) is 4.99 Å². The van der Waals surface area contributed by atoms with Crippen LogP contribution in [0.5, 0.6) is 0 Å². The van der Waals surface area contributed by atoms with E-state index in [1.165, 1.54) is 11.8 Å². The summed E-state index contributed by atoms with van der Waals surface area (Å²) in [6.07, 6.45) is 2.66. The Labute approximate surface area is 212 Å². The number of rotatable bonds is 7. The average molecular weight is 503 g/mol. The van der Waals surface area contributed by atoms with Gasteiger partial charge in [-0.1, -0.05) is 59.8 Å². The van der Waals surface area contributed by atoms with Gasteiger partial charge in [-0.3, -0.25) is 14.5 Å². The van der Waals surface area contributed by atoms with Crippen LogP contribution < -0.4 is 5.32 Å².